The first-order chi connectivity index (χ1) is 7.16. The molecular formula is C9H10F2N4. The fourth-order valence-electron chi connectivity index (χ4n) is 1.35. The monoisotopic (exact) mass is 212 g/mol. The van der Waals surface area contributed by atoms with Crippen LogP contribution in [0.15, 0.2) is 18.5 Å². The molecule has 0 aromatic carbocycles. The van der Waals surface area contributed by atoms with Crippen molar-refractivity contribution in [3.8, 4) is 0 Å². The van der Waals surface area contributed by atoms with Crippen molar-refractivity contribution < 1.29 is 8.78 Å². The molecule has 0 amide bonds. The maximum absolute atomic E-state index is 12.0. The second kappa shape index (κ2) is 3.80. The zero-order valence-corrected chi connectivity index (χ0v) is 8.11. The summed E-state index contributed by atoms with van der Waals surface area (Å²) in [5, 5.41) is 6.73. The van der Waals surface area contributed by atoms with Crippen molar-refractivity contribution >= 4 is 11.3 Å². The van der Waals surface area contributed by atoms with E-state index in [9.17, 15) is 8.78 Å². The zero-order valence-electron chi connectivity index (χ0n) is 8.11. The van der Waals surface area contributed by atoms with Crippen LogP contribution in [0.5, 0.6) is 0 Å². The van der Waals surface area contributed by atoms with Gasteiger partial charge in [-0.05, 0) is 13.0 Å². The van der Waals surface area contributed by atoms with Crippen LogP contribution in [0.25, 0.3) is 5.52 Å². The highest BCUT2D eigenvalue weighted by molar-refractivity contribution is 5.67. The van der Waals surface area contributed by atoms with Gasteiger partial charge in [-0.1, -0.05) is 0 Å². The molecular weight excluding hydrogens is 202 g/mol. The van der Waals surface area contributed by atoms with E-state index in [1.54, 1.807) is 16.8 Å². The number of rotatable bonds is 3. The number of aromatic nitrogens is 3. The first kappa shape index (κ1) is 9.82. The van der Waals surface area contributed by atoms with E-state index in [0.717, 1.165) is 5.69 Å². The third-order valence-electron chi connectivity index (χ3n) is 1.94. The number of hydrogen-bond donors (Lipinski definition) is 1. The van der Waals surface area contributed by atoms with E-state index in [-0.39, 0.29) is 0 Å². The van der Waals surface area contributed by atoms with E-state index < -0.39 is 13.0 Å². The van der Waals surface area contributed by atoms with Crippen LogP contribution in [0.3, 0.4) is 0 Å². The molecule has 6 heteroatoms. The van der Waals surface area contributed by atoms with Crippen LogP contribution in [0.1, 0.15) is 5.69 Å². The van der Waals surface area contributed by atoms with Crippen LogP contribution in [-0.4, -0.2) is 27.6 Å². The lowest BCUT2D eigenvalue weighted by Crippen LogP contribution is -2.12. The summed E-state index contributed by atoms with van der Waals surface area (Å²) in [5.41, 5.74) is 1.53. The summed E-state index contributed by atoms with van der Waals surface area (Å²) in [6.07, 6.45) is 0.805. The third kappa shape index (κ3) is 2.03. The van der Waals surface area contributed by atoms with Crippen LogP contribution < -0.4 is 5.32 Å². The fraction of sp³-hybridized carbons (Fsp3) is 0.333. The first-order valence-electron chi connectivity index (χ1n) is 4.50. The normalized spacial score (nSPS) is 11.2. The number of halogens is 2. The summed E-state index contributed by atoms with van der Waals surface area (Å²) in [5.74, 6) is 0.429. The lowest BCUT2D eigenvalue weighted by atomic mass is 10.4. The van der Waals surface area contributed by atoms with Gasteiger partial charge >= 0.3 is 0 Å². The molecule has 80 valence electrons. The van der Waals surface area contributed by atoms with Gasteiger partial charge in [0.05, 0.1) is 12.2 Å². The summed E-state index contributed by atoms with van der Waals surface area (Å²) in [6, 6.07) is 1.79. The minimum atomic E-state index is -2.39. The first-order valence-corrected chi connectivity index (χ1v) is 4.50. The summed E-state index contributed by atoms with van der Waals surface area (Å²) in [4.78, 5) is 3.99. The van der Waals surface area contributed by atoms with Crippen LogP contribution in [0.4, 0.5) is 14.6 Å². The standard InChI is InChI=1S/C9H10F2N4/c1-6-4-7-9(13-5-8(10)11)12-2-3-15(7)14-6/h2-4,8H,5H2,1H3,(H,12,13). The zero-order chi connectivity index (χ0) is 10.8. The number of alkyl halides is 2. The summed E-state index contributed by atoms with van der Waals surface area (Å²) < 4.78 is 25.6. The van der Waals surface area contributed by atoms with Crippen molar-refractivity contribution in [3.05, 3.63) is 24.2 Å². The average Bonchev–Trinajstić information content (AvgIpc) is 2.55. The lowest BCUT2D eigenvalue weighted by Gasteiger charge is -2.05. The van der Waals surface area contributed by atoms with Crippen LogP contribution in [0, 0.1) is 6.92 Å². The van der Waals surface area contributed by atoms with Gasteiger partial charge in [-0.3, -0.25) is 0 Å². The van der Waals surface area contributed by atoms with E-state index >= 15 is 0 Å². The summed E-state index contributed by atoms with van der Waals surface area (Å²) in [7, 11) is 0. The predicted molar refractivity (Wildman–Crippen MR) is 52.2 cm³/mol. The maximum atomic E-state index is 12.0. The molecule has 0 unspecified atom stereocenters. The summed E-state index contributed by atoms with van der Waals surface area (Å²) >= 11 is 0. The molecule has 0 aliphatic rings. The molecule has 0 radical (unpaired) electrons. The lowest BCUT2D eigenvalue weighted by molar-refractivity contribution is 0.163. The largest absolute Gasteiger partial charge is 0.363 e. The van der Waals surface area contributed by atoms with Gasteiger partial charge in [0.25, 0.3) is 6.43 Å². The minimum absolute atomic E-state index is 0.406. The van der Waals surface area contributed by atoms with E-state index in [1.165, 1.54) is 6.20 Å². The Labute approximate surface area is 84.9 Å². The molecule has 2 heterocycles. The van der Waals surface area contributed by atoms with Crippen molar-refractivity contribution in [3.63, 3.8) is 0 Å². The fourth-order valence-corrected chi connectivity index (χ4v) is 1.35. The van der Waals surface area contributed by atoms with Gasteiger partial charge in [0.1, 0.15) is 5.52 Å². The molecule has 0 aliphatic carbocycles. The molecule has 1 N–H and O–H groups in total. The predicted octanol–water partition coefficient (Wildman–Crippen LogP) is 1.71. The molecule has 0 atom stereocenters. The second-order valence-corrected chi connectivity index (χ2v) is 3.16. The van der Waals surface area contributed by atoms with E-state index in [1.807, 2.05) is 6.92 Å². The molecule has 2 rings (SSSR count). The van der Waals surface area contributed by atoms with Gasteiger partial charge in [-0.25, -0.2) is 18.3 Å². The third-order valence-corrected chi connectivity index (χ3v) is 1.94. The van der Waals surface area contributed by atoms with E-state index in [4.69, 9.17) is 0 Å². The minimum Gasteiger partial charge on any atom is -0.363 e. The Hall–Kier alpha value is -1.72. The molecule has 2 aromatic heterocycles. The van der Waals surface area contributed by atoms with Crippen molar-refractivity contribution in [1.82, 2.24) is 14.6 Å². The maximum Gasteiger partial charge on any atom is 0.255 e. The summed E-state index contributed by atoms with van der Waals surface area (Å²) in [6.45, 7) is 1.43. The SMILES string of the molecule is Cc1cc2c(NCC(F)F)nccn2n1. The number of hydrogen-bond acceptors (Lipinski definition) is 3. The molecule has 0 saturated heterocycles. The van der Waals surface area contributed by atoms with Gasteiger partial charge < -0.3 is 5.32 Å². The van der Waals surface area contributed by atoms with E-state index in [0.29, 0.717) is 11.3 Å². The molecule has 15 heavy (non-hydrogen) atoms. The van der Waals surface area contributed by atoms with Crippen molar-refractivity contribution in [1.29, 1.82) is 0 Å². The highest BCUT2D eigenvalue weighted by atomic mass is 19.3. The molecule has 0 spiro atoms. The highest BCUT2D eigenvalue weighted by Gasteiger charge is 2.07. The second-order valence-electron chi connectivity index (χ2n) is 3.16. The number of nitrogens with zero attached hydrogens (tertiary/aromatic N) is 3. The molecule has 0 aliphatic heterocycles. The number of aryl methyl sites for hydroxylation is 1. The van der Waals surface area contributed by atoms with Crippen molar-refractivity contribution in [2.24, 2.45) is 0 Å². The highest BCUT2D eigenvalue weighted by Crippen LogP contribution is 2.14. The van der Waals surface area contributed by atoms with Gasteiger partial charge in [0.2, 0.25) is 0 Å². The smallest absolute Gasteiger partial charge is 0.255 e. The van der Waals surface area contributed by atoms with Gasteiger partial charge in [-0.15, -0.1) is 0 Å². The molecule has 2 aromatic rings. The van der Waals surface area contributed by atoms with Gasteiger partial charge in [-0.2, -0.15) is 5.10 Å². The average molecular weight is 212 g/mol. The Balaban J connectivity index is 2.33. The quantitative estimate of drug-likeness (QED) is 0.842. The van der Waals surface area contributed by atoms with Gasteiger partial charge in [0.15, 0.2) is 5.82 Å². The molecule has 0 bridgehead atoms. The number of nitrogens with one attached hydrogen (secondary N) is 1. The molecule has 4 nitrogen and oxygen atoms in total. The Morgan fingerprint density at radius 1 is 1.53 bits per heavy atom. The van der Waals surface area contributed by atoms with E-state index in [2.05, 4.69) is 15.4 Å². The Morgan fingerprint density at radius 2 is 2.33 bits per heavy atom. The number of anilines is 1. The van der Waals surface area contributed by atoms with Crippen molar-refractivity contribution in [2.45, 2.75) is 13.3 Å². The molecule has 0 saturated carbocycles. The van der Waals surface area contributed by atoms with Gasteiger partial charge in [0, 0.05) is 12.4 Å². The Kier molecular flexibility index (Phi) is 2.49. The van der Waals surface area contributed by atoms with Crippen LogP contribution >= 0.6 is 0 Å². The Bertz CT molecular complexity index is 466. The van der Waals surface area contributed by atoms with Crippen LogP contribution in [-0.2, 0) is 0 Å². The number of fused-ring (bicyclic) bond motifs is 1. The Morgan fingerprint density at radius 3 is 3.07 bits per heavy atom. The van der Waals surface area contributed by atoms with Crippen molar-refractivity contribution in [2.75, 3.05) is 11.9 Å². The topological polar surface area (TPSA) is 42.2 Å². The molecule has 0 fully saturated rings. The van der Waals surface area contributed by atoms with Crippen LogP contribution in [0.2, 0.25) is 0 Å².